The number of ketones is 1. The molecule has 1 aliphatic rings. The summed E-state index contributed by atoms with van der Waals surface area (Å²) in [4.78, 5) is 26.6. The Morgan fingerprint density at radius 2 is 2.17 bits per heavy atom. The van der Waals surface area contributed by atoms with E-state index in [0.717, 1.165) is 12.2 Å². The van der Waals surface area contributed by atoms with E-state index < -0.39 is 27.9 Å². The van der Waals surface area contributed by atoms with Crippen molar-refractivity contribution in [2.45, 2.75) is 6.42 Å². The average molecular weight is 400 g/mol. The number of anilines is 2. The second kappa shape index (κ2) is 9.88. The summed E-state index contributed by atoms with van der Waals surface area (Å²) in [6, 6.07) is 2.76. The summed E-state index contributed by atoms with van der Waals surface area (Å²) >= 11 is 0. The van der Waals surface area contributed by atoms with Crippen LogP contribution in [0.4, 0.5) is 20.4 Å². The van der Waals surface area contributed by atoms with E-state index >= 15 is 0 Å². The average Bonchev–Trinajstić information content (AvgIpc) is 2.84. The predicted octanol–water partition coefficient (Wildman–Crippen LogP) is 4.20. The molecule has 0 bridgehead atoms. The highest BCUT2D eigenvalue weighted by atomic mass is 19.1. The smallest absolute Gasteiger partial charge is 0.268 e. The van der Waals surface area contributed by atoms with Crippen molar-refractivity contribution in [3.8, 4) is 0 Å². The Balaban J connectivity index is 2.10. The van der Waals surface area contributed by atoms with Gasteiger partial charge < -0.3 is 11.1 Å². The van der Waals surface area contributed by atoms with Gasteiger partial charge in [-0.15, -0.1) is 0 Å². The van der Waals surface area contributed by atoms with Gasteiger partial charge in [0.05, 0.1) is 16.1 Å². The third kappa shape index (κ3) is 5.55. The molecule has 150 valence electrons. The van der Waals surface area contributed by atoms with Crippen molar-refractivity contribution >= 4 is 17.4 Å². The van der Waals surface area contributed by atoms with Crippen LogP contribution in [0.3, 0.4) is 0 Å². The van der Waals surface area contributed by atoms with Crippen LogP contribution in [-0.4, -0.2) is 22.2 Å². The minimum Gasteiger partial charge on any atom is -0.383 e. The fraction of sp³-hybridized carbons (Fsp3) is 0.100. The molecule has 0 aliphatic heterocycles. The lowest BCUT2D eigenvalue weighted by atomic mass is 10.0. The van der Waals surface area contributed by atoms with E-state index in [1.54, 1.807) is 6.08 Å². The first kappa shape index (κ1) is 21.4. The first-order valence-electron chi connectivity index (χ1n) is 8.45. The third-order valence-electron chi connectivity index (χ3n) is 3.81. The van der Waals surface area contributed by atoms with Gasteiger partial charge in [0.25, 0.3) is 5.70 Å². The van der Waals surface area contributed by atoms with Crippen molar-refractivity contribution in [1.82, 2.24) is 4.98 Å². The van der Waals surface area contributed by atoms with Crippen molar-refractivity contribution in [1.29, 1.82) is 0 Å². The number of nitro groups is 1. The van der Waals surface area contributed by atoms with Crippen molar-refractivity contribution in [3.63, 3.8) is 0 Å². The SMILES string of the molecule is C=C/C(=C\C=C/CNc1ccc(C(=O)C2=C(F)CC=CC=C2F)c(N)n1)[N+](=O)[O-]. The van der Waals surface area contributed by atoms with E-state index in [-0.39, 0.29) is 30.0 Å². The molecule has 0 atom stereocenters. The van der Waals surface area contributed by atoms with E-state index in [2.05, 4.69) is 16.9 Å². The van der Waals surface area contributed by atoms with Crippen LogP contribution in [0.5, 0.6) is 0 Å². The largest absolute Gasteiger partial charge is 0.383 e. The van der Waals surface area contributed by atoms with Crippen LogP contribution in [0.1, 0.15) is 16.8 Å². The van der Waals surface area contributed by atoms with Crippen LogP contribution in [-0.2, 0) is 0 Å². The molecule has 0 radical (unpaired) electrons. The zero-order valence-electron chi connectivity index (χ0n) is 15.3. The normalized spacial score (nSPS) is 14.6. The Labute approximate surface area is 165 Å². The maximum atomic E-state index is 14.1. The molecule has 0 amide bonds. The Hall–Kier alpha value is -3.88. The molecule has 1 aromatic heterocycles. The molecular formula is C20H18F2N4O3. The maximum Gasteiger partial charge on any atom is 0.268 e. The molecule has 3 N–H and O–H groups in total. The highest BCUT2D eigenvalue weighted by molar-refractivity contribution is 6.14. The van der Waals surface area contributed by atoms with Crippen LogP contribution in [0.2, 0.25) is 0 Å². The number of hydrogen-bond acceptors (Lipinski definition) is 6. The van der Waals surface area contributed by atoms with Crippen molar-refractivity contribution in [2.75, 3.05) is 17.6 Å². The molecule has 0 saturated carbocycles. The summed E-state index contributed by atoms with van der Waals surface area (Å²) in [5.41, 5.74) is 4.86. The molecule has 1 heterocycles. The zero-order valence-corrected chi connectivity index (χ0v) is 15.3. The summed E-state index contributed by atoms with van der Waals surface area (Å²) in [7, 11) is 0. The zero-order chi connectivity index (χ0) is 21.4. The van der Waals surface area contributed by atoms with E-state index in [0.29, 0.717) is 5.82 Å². The summed E-state index contributed by atoms with van der Waals surface area (Å²) in [5, 5.41) is 13.5. The molecule has 0 spiro atoms. The number of rotatable bonds is 8. The molecule has 0 unspecified atom stereocenters. The first-order valence-corrected chi connectivity index (χ1v) is 8.45. The Morgan fingerprint density at radius 3 is 2.83 bits per heavy atom. The molecule has 1 aromatic rings. The number of nitrogens with zero attached hydrogens (tertiary/aromatic N) is 2. The molecule has 2 rings (SSSR count). The van der Waals surface area contributed by atoms with Crippen molar-refractivity contribution in [2.24, 2.45) is 0 Å². The number of hydrogen-bond donors (Lipinski definition) is 2. The van der Waals surface area contributed by atoms with Gasteiger partial charge in [0.15, 0.2) is 0 Å². The molecule has 0 saturated heterocycles. The quantitative estimate of drug-likeness (QED) is 0.293. The van der Waals surface area contributed by atoms with Gasteiger partial charge in [0.1, 0.15) is 23.3 Å². The number of carbonyl (C=O) groups is 1. The lowest BCUT2D eigenvalue weighted by Gasteiger charge is -2.09. The van der Waals surface area contributed by atoms with Gasteiger partial charge in [0, 0.05) is 25.1 Å². The Bertz CT molecular complexity index is 991. The lowest BCUT2D eigenvalue weighted by Crippen LogP contribution is -2.11. The van der Waals surface area contributed by atoms with Gasteiger partial charge in [-0.05, 0) is 18.2 Å². The minimum atomic E-state index is -0.977. The fourth-order valence-corrected chi connectivity index (χ4v) is 2.37. The Morgan fingerprint density at radius 1 is 1.41 bits per heavy atom. The third-order valence-corrected chi connectivity index (χ3v) is 3.81. The number of allylic oxidation sites excluding steroid dienone is 9. The number of nitrogen functional groups attached to an aromatic ring is 1. The summed E-state index contributed by atoms with van der Waals surface area (Å²) in [6.45, 7) is 3.61. The van der Waals surface area contributed by atoms with Crippen LogP contribution in [0.25, 0.3) is 0 Å². The standard InChI is InChI=1S/C20H18F2N4O3/c1-2-13(26(28)29)7-5-6-12-24-17-11-10-14(20(23)25-17)19(27)18-15(21)8-3-4-9-16(18)22/h2-8,10-11H,1,9,12H2,(H3,23,24,25)/b6-5-,13-7+. The highest BCUT2D eigenvalue weighted by Gasteiger charge is 2.24. The van der Waals surface area contributed by atoms with Gasteiger partial charge in [-0.2, -0.15) is 0 Å². The maximum absolute atomic E-state index is 14.1. The molecule has 0 fully saturated rings. The molecule has 9 heteroatoms. The molecule has 0 aromatic carbocycles. The van der Waals surface area contributed by atoms with E-state index in [1.807, 2.05) is 0 Å². The van der Waals surface area contributed by atoms with Crippen LogP contribution in [0.15, 0.2) is 84.2 Å². The van der Waals surface area contributed by atoms with E-state index in [4.69, 9.17) is 5.73 Å². The van der Waals surface area contributed by atoms with Crippen LogP contribution < -0.4 is 11.1 Å². The summed E-state index contributed by atoms with van der Waals surface area (Å²) in [5.74, 6) is -2.62. The molecule has 7 nitrogen and oxygen atoms in total. The number of nitrogens with one attached hydrogen (secondary N) is 1. The van der Waals surface area contributed by atoms with Gasteiger partial charge in [-0.3, -0.25) is 14.9 Å². The van der Waals surface area contributed by atoms with Gasteiger partial charge >= 0.3 is 0 Å². The monoisotopic (exact) mass is 400 g/mol. The van der Waals surface area contributed by atoms with E-state index in [9.17, 15) is 23.7 Å². The second-order valence-corrected chi connectivity index (χ2v) is 5.75. The number of nitrogens with two attached hydrogens (primary N) is 1. The van der Waals surface area contributed by atoms with Gasteiger partial charge in [-0.1, -0.05) is 30.9 Å². The highest BCUT2D eigenvalue weighted by Crippen LogP contribution is 2.28. The number of Topliss-reactive ketones (excluding diaryl/α,β-unsaturated/α-hetero) is 1. The summed E-state index contributed by atoms with van der Waals surface area (Å²) < 4.78 is 28.1. The van der Waals surface area contributed by atoms with Crippen molar-refractivity contribution in [3.05, 3.63) is 99.8 Å². The van der Waals surface area contributed by atoms with Gasteiger partial charge in [0.2, 0.25) is 5.78 Å². The topological polar surface area (TPSA) is 111 Å². The number of pyridine rings is 1. The number of aromatic nitrogens is 1. The van der Waals surface area contributed by atoms with E-state index in [1.165, 1.54) is 36.4 Å². The fourth-order valence-electron chi connectivity index (χ4n) is 2.37. The van der Waals surface area contributed by atoms with Gasteiger partial charge in [-0.25, -0.2) is 13.8 Å². The van der Waals surface area contributed by atoms with Crippen molar-refractivity contribution < 1.29 is 18.5 Å². The first-order chi connectivity index (χ1) is 13.8. The number of carbonyl (C=O) groups excluding carboxylic acids is 1. The second-order valence-electron chi connectivity index (χ2n) is 5.75. The number of halogens is 2. The lowest BCUT2D eigenvalue weighted by molar-refractivity contribution is -0.418. The van der Waals surface area contributed by atoms with Crippen LogP contribution >= 0.6 is 0 Å². The minimum absolute atomic E-state index is 0.119. The predicted molar refractivity (Wildman–Crippen MR) is 107 cm³/mol. The summed E-state index contributed by atoms with van der Waals surface area (Å²) in [6.07, 6.45) is 9.02. The molecular weight excluding hydrogens is 382 g/mol. The Kier molecular flexibility index (Phi) is 7.30. The molecule has 1 aliphatic carbocycles. The molecule has 29 heavy (non-hydrogen) atoms. The van der Waals surface area contributed by atoms with Crippen LogP contribution in [0, 0.1) is 10.1 Å².